The highest BCUT2D eigenvalue weighted by Gasteiger charge is 2.25. The van der Waals surface area contributed by atoms with Gasteiger partial charge in [-0.1, -0.05) is 23.5 Å². The average molecular weight is 472 g/mol. The molecule has 1 aliphatic rings. The van der Waals surface area contributed by atoms with E-state index in [0.29, 0.717) is 11.7 Å². The summed E-state index contributed by atoms with van der Waals surface area (Å²) < 4.78 is 16.9. The van der Waals surface area contributed by atoms with Gasteiger partial charge in [0.05, 0.1) is 37.6 Å². The molecule has 4 rings (SSSR count). The van der Waals surface area contributed by atoms with Gasteiger partial charge in [0.15, 0.2) is 5.13 Å². The molecule has 1 aliphatic heterocycles. The van der Waals surface area contributed by atoms with E-state index >= 15 is 0 Å². The summed E-state index contributed by atoms with van der Waals surface area (Å²) >= 11 is 1.53. The largest absolute Gasteiger partial charge is 0.481 e. The number of morpholine rings is 1. The Hall–Kier alpha value is -2.82. The molecule has 0 spiro atoms. The molecule has 9 nitrogen and oxygen atoms in total. The lowest BCUT2D eigenvalue weighted by Gasteiger charge is -2.27. The Bertz CT molecular complexity index is 1070. The smallest absolute Gasteiger partial charge is 0.320 e. The lowest BCUT2D eigenvalue weighted by atomic mass is 10.1. The number of fused-ring (bicyclic) bond motifs is 1. The number of aromatic nitrogens is 3. The monoisotopic (exact) mass is 471 g/mol. The van der Waals surface area contributed by atoms with Gasteiger partial charge >= 0.3 is 6.01 Å². The summed E-state index contributed by atoms with van der Waals surface area (Å²) in [4.78, 5) is 31.0. The van der Waals surface area contributed by atoms with Gasteiger partial charge in [0, 0.05) is 32.2 Å². The fourth-order valence-corrected chi connectivity index (χ4v) is 4.91. The van der Waals surface area contributed by atoms with Gasteiger partial charge < -0.3 is 14.2 Å². The number of carbonyl (C=O) groups is 1. The first-order valence-electron chi connectivity index (χ1n) is 11.0. The first-order valence-corrected chi connectivity index (χ1v) is 11.8. The highest BCUT2D eigenvalue weighted by molar-refractivity contribution is 7.22. The summed E-state index contributed by atoms with van der Waals surface area (Å²) in [6, 6.07) is 5.77. The minimum absolute atomic E-state index is 0.0851. The molecule has 10 heteroatoms. The second kappa shape index (κ2) is 10.4. The van der Waals surface area contributed by atoms with E-state index in [2.05, 4.69) is 33.9 Å². The van der Waals surface area contributed by atoms with E-state index in [0.717, 1.165) is 60.6 Å². The molecule has 33 heavy (non-hydrogen) atoms. The Morgan fingerprint density at radius 1 is 1.12 bits per heavy atom. The molecule has 1 aromatic carbocycles. The zero-order valence-corrected chi connectivity index (χ0v) is 20.3. The van der Waals surface area contributed by atoms with E-state index in [4.69, 9.17) is 19.2 Å². The molecule has 0 unspecified atom stereocenters. The van der Waals surface area contributed by atoms with Crippen LogP contribution >= 0.6 is 11.3 Å². The molecule has 1 amide bonds. The molecule has 0 N–H and O–H groups in total. The van der Waals surface area contributed by atoms with Crippen molar-refractivity contribution in [3.63, 3.8) is 0 Å². The van der Waals surface area contributed by atoms with E-state index in [1.54, 1.807) is 4.90 Å². The summed E-state index contributed by atoms with van der Waals surface area (Å²) in [5.41, 5.74) is 3.37. The van der Waals surface area contributed by atoms with Crippen LogP contribution in [0.15, 0.2) is 18.2 Å². The van der Waals surface area contributed by atoms with Crippen molar-refractivity contribution in [3.05, 3.63) is 35.0 Å². The SMILES string of the molecule is COc1cc(C(=O)N(CCCN2CCOCC2)c2nc3c(C)ccc(C)c3s2)nc(OC)n1. The summed E-state index contributed by atoms with van der Waals surface area (Å²) in [6.07, 6.45) is 0.805. The van der Waals surface area contributed by atoms with Crippen molar-refractivity contribution in [3.8, 4) is 11.9 Å². The van der Waals surface area contributed by atoms with Gasteiger partial charge in [-0.2, -0.15) is 9.97 Å². The summed E-state index contributed by atoms with van der Waals surface area (Å²) in [5, 5.41) is 0.658. The van der Waals surface area contributed by atoms with Crippen molar-refractivity contribution in [2.75, 3.05) is 58.5 Å². The van der Waals surface area contributed by atoms with Crippen molar-refractivity contribution in [2.45, 2.75) is 20.3 Å². The van der Waals surface area contributed by atoms with Crippen LogP contribution in [0.25, 0.3) is 10.2 Å². The number of amides is 1. The van der Waals surface area contributed by atoms with Gasteiger partial charge in [-0.15, -0.1) is 0 Å². The van der Waals surface area contributed by atoms with Crippen LogP contribution < -0.4 is 14.4 Å². The van der Waals surface area contributed by atoms with Crippen LogP contribution in [-0.2, 0) is 4.74 Å². The van der Waals surface area contributed by atoms with Crippen molar-refractivity contribution in [1.82, 2.24) is 19.9 Å². The molecule has 1 saturated heterocycles. The summed E-state index contributed by atoms with van der Waals surface area (Å²) in [5.74, 6) is 0.0137. The first-order chi connectivity index (χ1) is 16.0. The predicted octanol–water partition coefficient (Wildman–Crippen LogP) is 3.09. The second-order valence-corrected chi connectivity index (χ2v) is 8.90. The molecule has 0 radical (unpaired) electrons. The molecular formula is C23H29N5O4S. The topological polar surface area (TPSA) is 89.9 Å². The zero-order valence-electron chi connectivity index (χ0n) is 19.5. The first kappa shape index (κ1) is 23.3. The third-order valence-corrected chi connectivity index (χ3v) is 6.87. The van der Waals surface area contributed by atoms with Crippen LogP contribution in [0.3, 0.4) is 0 Å². The van der Waals surface area contributed by atoms with Crippen molar-refractivity contribution in [2.24, 2.45) is 0 Å². The van der Waals surface area contributed by atoms with E-state index in [9.17, 15) is 4.79 Å². The molecule has 0 saturated carbocycles. The third kappa shape index (κ3) is 5.23. The molecule has 3 aromatic rings. The van der Waals surface area contributed by atoms with Gasteiger partial charge in [0.2, 0.25) is 5.88 Å². The number of aryl methyl sites for hydroxylation is 2. The molecule has 0 bridgehead atoms. The number of nitrogens with zero attached hydrogens (tertiary/aromatic N) is 5. The van der Waals surface area contributed by atoms with E-state index in [-0.39, 0.29) is 23.5 Å². The molecule has 3 heterocycles. The fraction of sp³-hybridized carbons (Fsp3) is 0.478. The maximum absolute atomic E-state index is 13.7. The lowest BCUT2D eigenvalue weighted by molar-refractivity contribution is 0.0376. The fourth-order valence-electron chi connectivity index (χ4n) is 3.77. The minimum Gasteiger partial charge on any atom is -0.481 e. The van der Waals surface area contributed by atoms with Crippen LogP contribution in [-0.4, -0.2) is 79.4 Å². The number of rotatable bonds is 8. The molecular weight excluding hydrogens is 442 g/mol. The average Bonchev–Trinajstić information content (AvgIpc) is 3.30. The van der Waals surface area contributed by atoms with Crippen molar-refractivity contribution >= 4 is 32.6 Å². The molecule has 0 atom stereocenters. The van der Waals surface area contributed by atoms with Crippen LogP contribution in [0.5, 0.6) is 11.9 Å². The minimum atomic E-state index is -0.259. The Balaban J connectivity index is 1.66. The predicted molar refractivity (Wildman–Crippen MR) is 128 cm³/mol. The molecule has 1 fully saturated rings. The molecule has 2 aromatic heterocycles. The normalized spacial score (nSPS) is 14.4. The Labute approximate surface area is 197 Å². The van der Waals surface area contributed by atoms with E-state index < -0.39 is 0 Å². The number of benzene rings is 1. The van der Waals surface area contributed by atoms with Gasteiger partial charge in [-0.3, -0.25) is 14.6 Å². The summed E-state index contributed by atoms with van der Waals surface area (Å²) in [7, 11) is 2.96. The molecule has 176 valence electrons. The van der Waals surface area contributed by atoms with Crippen LogP contribution in [0, 0.1) is 13.8 Å². The van der Waals surface area contributed by atoms with Gasteiger partial charge in [-0.25, -0.2) is 4.98 Å². The molecule has 0 aliphatic carbocycles. The second-order valence-electron chi connectivity index (χ2n) is 7.92. The lowest BCUT2D eigenvalue weighted by Crippen LogP contribution is -2.39. The highest BCUT2D eigenvalue weighted by atomic mass is 32.1. The number of methoxy groups -OCH3 is 2. The van der Waals surface area contributed by atoms with E-state index in [1.165, 1.54) is 31.6 Å². The number of anilines is 1. The third-order valence-electron chi connectivity index (χ3n) is 5.66. The Morgan fingerprint density at radius 3 is 2.58 bits per heavy atom. The van der Waals surface area contributed by atoms with Crippen molar-refractivity contribution < 1.29 is 19.0 Å². The number of ether oxygens (including phenoxy) is 3. The number of hydrogen-bond acceptors (Lipinski definition) is 9. The number of hydrogen-bond donors (Lipinski definition) is 0. The Kier molecular flexibility index (Phi) is 7.36. The van der Waals surface area contributed by atoms with Gasteiger partial charge in [0.1, 0.15) is 5.69 Å². The standard InChI is InChI=1S/C23H29N5O4S/c1-15-6-7-16(2)20-19(15)26-23(33-20)28(9-5-8-27-10-12-32-13-11-27)21(29)17-14-18(30-3)25-22(24-17)31-4/h6-7,14H,5,8-13H2,1-4H3. The number of thiazole rings is 1. The van der Waals surface area contributed by atoms with Gasteiger partial charge in [-0.05, 0) is 31.4 Å². The maximum atomic E-state index is 13.7. The van der Waals surface area contributed by atoms with Crippen LogP contribution in [0.2, 0.25) is 0 Å². The number of carbonyl (C=O) groups excluding carboxylic acids is 1. The Morgan fingerprint density at radius 2 is 1.88 bits per heavy atom. The van der Waals surface area contributed by atoms with Crippen LogP contribution in [0.4, 0.5) is 5.13 Å². The zero-order chi connectivity index (χ0) is 23.4. The van der Waals surface area contributed by atoms with Crippen LogP contribution in [0.1, 0.15) is 28.0 Å². The summed E-state index contributed by atoms with van der Waals surface area (Å²) in [6.45, 7) is 8.82. The van der Waals surface area contributed by atoms with Gasteiger partial charge in [0.25, 0.3) is 5.91 Å². The highest BCUT2D eigenvalue weighted by Crippen LogP contribution is 2.34. The van der Waals surface area contributed by atoms with E-state index in [1.807, 2.05) is 6.92 Å². The maximum Gasteiger partial charge on any atom is 0.320 e. The van der Waals surface area contributed by atoms with Crippen molar-refractivity contribution in [1.29, 1.82) is 0 Å². The quantitative estimate of drug-likeness (QED) is 0.495.